The number of primary sulfonamides is 1. The van der Waals surface area contributed by atoms with Crippen LogP contribution in [0.3, 0.4) is 0 Å². The monoisotopic (exact) mass is 301 g/mol. The lowest BCUT2D eigenvalue weighted by Crippen LogP contribution is -2.11. The van der Waals surface area contributed by atoms with Gasteiger partial charge in [-0.25, -0.2) is 13.6 Å². The summed E-state index contributed by atoms with van der Waals surface area (Å²) < 4.78 is 22.3. The van der Waals surface area contributed by atoms with Gasteiger partial charge in [-0.2, -0.15) is 0 Å². The molecule has 0 aliphatic heterocycles. The minimum Gasteiger partial charge on any atom is -0.225 e. The SMILES string of the molecule is NS(=O)(=O)c1ccc(-c2cccc(Cl)c2Cl)cc1. The Kier molecular flexibility index (Phi) is 3.64. The van der Waals surface area contributed by atoms with E-state index in [4.69, 9.17) is 28.3 Å². The third kappa shape index (κ3) is 2.67. The molecule has 0 radical (unpaired) electrons. The molecule has 2 aromatic carbocycles. The van der Waals surface area contributed by atoms with Crippen molar-refractivity contribution in [1.82, 2.24) is 0 Å². The lowest BCUT2D eigenvalue weighted by molar-refractivity contribution is 0.598. The summed E-state index contributed by atoms with van der Waals surface area (Å²) in [4.78, 5) is 0.0596. The summed E-state index contributed by atoms with van der Waals surface area (Å²) in [7, 11) is -3.68. The molecule has 0 saturated carbocycles. The maximum atomic E-state index is 11.1. The van der Waals surface area contributed by atoms with Crippen LogP contribution in [0.25, 0.3) is 11.1 Å². The van der Waals surface area contributed by atoms with E-state index in [1.54, 1.807) is 30.3 Å². The van der Waals surface area contributed by atoms with Crippen molar-refractivity contribution in [2.45, 2.75) is 4.90 Å². The average molecular weight is 302 g/mol. The van der Waals surface area contributed by atoms with Crippen LogP contribution in [0.15, 0.2) is 47.4 Å². The fourth-order valence-electron chi connectivity index (χ4n) is 1.55. The second-order valence-electron chi connectivity index (χ2n) is 3.67. The maximum Gasteiger partial charge on any atom is 0.238 e. The molecular weight excluding hydrogens is 293 g/mol. The Morgan fingerprint density at radius 1 is 0.944 bits per heavy atom. The number of rotatable bonds is 2. The first-order valence-corrected chi connectivity index (χ1v) is 7.27. The molecule has 0 unspecified atom stereocenters. The van der Waals surface area contributed by atoms with E-state index in [1.165, 1.54) is 12.1 Å². The molecule has 0 aromatic heterocycles. The highest BCUT2D eigenvalue weighted by Gasteiger charge is 2.10. The van der Waals surface area contributed by atoms with Crippen molar-refractivity contribution in [3.8, 4) is 11.1 Å². The van der Waals surface area contributed by atoms with Gasteiger partial charge in [0.25, 0.3) is 0 Å². The minimum atomic E-state index is -3.68. The number of sulfonamides is 1. The molecule has 0 fully saturated rings. The summed E-state index contributed by atoms with van der Waals surface area (Å²) in [5.41, 5.74) is 1.51. The van der Waals surface area contributed by atoms with Gasteiger partial charge in [0.05, 0.1) is 14.9 Å². The van der Waals surface area contributed by atoms with Crippen molar-refractivity contribution < 1.29 is 8.42 Å². The predicted octanol–water partition coefficient (Wildman–Crippen LogP) is 3.31. The summed E-state index contributed by atoms with van der Waals surface area (Å²) in [6.45, 7) is 0. The van der Waals surface area contributed by atoms with Crippen molar-refractivity contribution in [1.29, 1.82) is 0 Å². The van der Waals surface area contributed by atoms with E-state index in [0.29, 0.717) is 10.0 Å². The fourth-order valence-corrected chi connectivity index (χ4v) is 2.48. The number of benzene rings is 2. The van der Waals surface area contributed by atoms with Gasteiger partial charge in [-0.05, 0) is 23.8 Å². The standard InChI is InChI=1S/C12H9Cl2NO2S/c13-11-3-1-2-10(12(11)14)8-4-6-9(7-5-8)18(15,16)17/h1-7H,(H2,15,16,17). The van der Waals surface area contributed by atoms with Gasteiger partial charge in [0.15, 0.2) is 0 Å². The predicted molar refractivity (Wildman–Crippen MR) is 73.3 cm³/mol. The molecule has 18 heavy (non-hydrogen) atoms. The Morgan fingerprint density at radius 3 is 2.11 bits per heavy atom. The molecule has 0 amide bonds. The average Bonchev–Trinajstić information content (AvgIpc) is 2.32. The van der Waals surface area contributed by atoms with Crippen LogP contribution in [-0.4, -0.2) is 8.42 Å². The summed E-state index contributed by atoms with van der Waals surface area (Å²) >= 11 is 12.0. The summed E-state index contributed by atoms with van der Waals surface area (Å²) in [5.74, 6) is 0. The first-order valence-electron chi connectivity index (χ1n) is 4.97. The molecule has 6 heteroatoms. The molecule has 2 rings (SSSR count). The molecule has 0 bridgehead atoms. The van der Waals surface area contributed by atoms with Gasteiger partial charge >= 0.3 is 0 Å². The van der Waals surface area contributed by atoms with E-state index in [2.05, 4.69) is 0 Å². The highest BCUT2D eigenvalue weighted by Crippen LogP contribution is 2.33. The Morgan fingerprint density at radius 2 is 1.56 bits per heavy atom. The summed E-state index contributed by atoms with van der Waals surface area (Å²) in [5, 5.41) is 5.91. The molecule has 2 N–H and O–H groups in total. The van der Waals surface area contributed by atoms with E-state index in [-0.39, 0.29) is 4.90 Å². The molecule has 0 atom stereocenters. The lowest BCUT2D eigenvalue weighted by Gasteiger charge is -2.06. The summed E-state index contributed by atoms with van der Waals surface area (Å²) in [6.07, 6.45) is 0. The molecule has 94 valence electrons. The van der Waals surface area contributed by atoms with E-state index in [1.807, 2.05) is 0 Å². The van der Waals surface area contributed by atoms with Crippen LogP contribution in [0.2, 0.25) is 10.0 Å². The maximum absolute atomic E-state index is 11.1. The van der Waals surface area contributed by atoms with Crippen molar-refractivity contribution in [3.05, 3.63) is 52.5 Å². The molecule has 0 heterocycles. The van der Waals surface area contributed by atoms with E-state index in [9.17, 15) is 8.42 Å². The normalized spacial score (nSPS) is 11.5. The molecular formula is C12H9Cl2NO2S. The van der Waals surface area contributed by atoms with E-state index >= 15 is 0 Å². The molecule has 2 aromatic rings. The molecule has 0 aliphatic rings. The third-order valence-electron chi connectivity index (χ3n) is 2.45. The van der Waals surface area contributed by atoms with Crippen LogP contribution in [0.4, 0.5) is 0 Å². The quantitative estimate of drug-likeness (QED) is 0.925. The van der Waals surface area contributed by atoms with Crippen LogP contribution in [-0.2, 0) is 10.0 Å². The lowest BCUT2D eigenvalue weighted by atomic mass is 10.1. The Bertz CT molecular complexity index is 682. The van der Waals surface area contributed by atoms with Gasteiger partial charge in [-0.1, -0.05) is 47.5 Å². The van der Waals surface area contributed by atoms with Crippen molar-refractivity contribution in [2.75, 3.05) is 0 Å². The zero-order valence-electron chi connectivity index (χ0n) is 9.10. The van der Waals surface area contributed by atoms with Crippen molar-refractivity contribution in [3.63, 3.8) is 0 Å². The van der Waals surface area contributed by atoms with Gasteiger partial charge in [0, 0.05) is 5.56 Å². The van der Waals surface area contributed by atoms with E-state index < -0.39 is 10.0 Å². The molecule has 0 aliphatic carbocycles. The molecule has 0 saturated heterocycles. The largest absolute Gasteiger partial charge is 0.238 e. The highest BCUT2D eigenvalue weighted by atomic mass is 35.5. The Hall–Kier alpha value is -1.07. The Balaban J connectivity index is 2.50. The van der Waals surface area contributed by atoms with Crippen molar-refractivity contribution in [2.24, 2.45) is 5.14 Å². The van der Waals surface area contributed by atoms with Gasteiger partial charge in [-0.15, -0.1) is 0 Å². The second kappa shape index (κ2) is 4.90. The van der Waals surface area contributed by atoms with Gasteiger partial charge in [-0.3, -0.25) is 0 Å². The van der Waals surface area contributed by atoms with Gasteiger partial charge in [0.1, 0.15) is 0 Å². The van der Waals surface area contributed by atoms with Crippen LogP contribution in [0, 0.1) is 0 Å². The minimum absolute atomic E-state index is 0.0596. The number of hydrogen-bond acceptors (Lipinski definition) is 2. The number of hydrogen-bond donors (Lipinski definition) is 1. The molecule has 3 nitrogen and oxygen atoms in total. The topological polar surface area (TPSA) is 60.2 Å². The van der Waals surface area contributed by atoms with Gasteiger partial charge in [0.2, 0.25) is 10.0 Å². The zero-order chi connectivity index (χ0) is 13.3. The van der Waals surface area contributed by atoms with Gasteiger partial charge < -0.3 is 0 Å². The smallest absolute Gasteiger partial charge is 0.225 e. The van der Waals surface area contributed by atoms with E-state index in [0.717, 1.165) is 11.1 Å². The zero-order valence-corrected chi connectivity index (χ0v) is 11.4. The highest BCUT2D eigenvalue weighted by molar-refractivity contribution is 7.89. The fraction of sp³-hybridized carbons (Fsp3) is 0. The first-order chi connectivity index (χ1) is 8.39. The van der Waals surface area contributed by atoms with Crippen LogP contribution >= 0.6 is 23.2 Å². The van der Waals surface area contributed by atoms with Crippen LogP contribution in [0.5, 0.6) is 0 Å². The number of nitrogens with two attached hydrogens (primary N) is 1. The van der Waals surface area contributed by atoms with Crippen molar-refractivity contribution >= 4 is 33.2 Å². The third-order valence-corrected chi connectivity index (χ3v) is 4.19. The number of halogens is 2. The van der Waals surface area contributed by atoms with Crippen LogP contribution < -0.4 is 5.14 Å². The van der Waals surface area contributed by atoms with Crippen LogP contribution in [0.1, 0.15) is 0 Å². The Labute approximate surface area is 115 Å². The second-order valence-corrected chi connectivity index (χ2v) is 6.02. The summed E-state index contributed by atoms with van der Waals surface area (Å²) in [6, 6.07) is 11.4. The molecule has 0 spiro atoms. The first kappa shape index (κ1) is 13.4.